The molecule has 0 aliphatic rings. The summed E-state index contributed by atoms with van der Waals surface area (Å²) in [6, 6.07) is 8.30. The van der Waals surface area contributed by atoms with Crippen LogP contribution in [0.4, 0.5) is 8.78 Å². The highest BCUT2D eigenvalue weighted by molar-refractivity contribution is 9.09. The molecule has 0 saturated heterocycles. The van der Waals surface area contributed by atoms with Gasteiger partial charge >= 0.3 is 0 Å². The van der Waals surface area contributed by atoms with Crippen LogP contribution in [0, 0.1) is 25.5 Å². The third kappa shape index (κ3) is 3.39. The molecule has 20 heavy (non-hydrogen) atoms. The third-order valence-electron chi connectivity index (χ3n) is 3.28. The molecule has 0 nitrogen and oxygen atoms in total. The van der Waals surface area contributed by atoms with E-state index in [9.17, 15) is 8.78 Å². The van der Waals surface area contributed by atoms with E-state index in [-0.39, 0.29) is 15.4 Å². The molecule has 0 N–H and O–H groups in total. The van der Waals surface area contributed by atoms with E-state index in [1.54, 1.807) is 0 Å². The molecule has 0 aromatic heterocycles. The van der Waals surface area contributed by atoms with Crippen LogP contribution in [0.5, 0.6) is 0 Å². The van der Waals surface area contributed by atoms with Crippen LogP contribution < -0.4 is 0 Å². The van der Waals surface area contributed by atoms with Crippen molar-refractivity contribution in [3.63, 3.8) is 0 Å². The predicted octanol–water partition coefficient (Wildman–Crippen LogP) is 5.91. The average molecular weight is 360 g/mol. The maximum absolute atomic E-state index is 13.9. The van der Waals surface area contributed by atoms with E-state index < -0.39 is 11.6 Å². The summed E-state index contributed by atoms with van der Waals surface area (Å²) < 4.78 is 27.4. The van der Waals surface area contributed by atoms with Crippen LogP contribution in [0.1, 0.15) is 27.1 Å². The van der Waals surface area contributed by atoms with Gasteiger partial charge in [-0.25, -0.2) is 8.78 Å². The number of alkyl halides is 1. The van der Waals surface area contributed by atoms with Gasteiger partial charge in [0.25, 0.3) is 0 Å². The van der Waals surface area contributed by atoms with Crippen molar-refractivity contribution in [1.29, 1.82) is 0 Å². The van der Waals surface area contributed by atoms with Crippen molar-refractivity contribution in [1.82, 2.24) is 0 Å². The number of benzene rings is 2. The maximum atomic E-state index is 13.9. The highest BCUT2D eigenvalue weighted by atomic mass is 79.9. The van der Waals surface area contributed by atoms with E-state index in [4.69, 9.17) is 11.6 Å². The number of halogens is 4. The molecule has 0 aliphatic carbocycles. The number of hydrogen-bond acceptors (Lipinski definition) is 0. The lowest BCUT2D eigenvalue weighted by molar-refractivity contribution is 0.584. The lowest BCUT2D eigenvalue weighted by atomic mass is 9.98. The molecule has 4 heteroatoms. The Morgan fingerprint density at radius 3 is 2.50 bits per heavy atom. The van der Waals surface area contributed by atoms with Gasteiger partial charge in [-0.2, -0.15) is 0 Å². The predicted molar refractivity (Wildman–Crippen MR) is 82.7 cm³/mol. The zero-order valence-electron chi connectivity index (χ0n) is 11.2. The molecule has 2 aromatic rings. The van der Waals surface area contributed by atoms with Crippen LogP contribution in [-0.4, -0.2) is 0 Å². The Bertz CT molecular complexity index is 641. The van der Waals surface area contributed by atoms with E-state index in [1.807, 2.05) is 26.0 Å². The smallest absolute Gasteiger partial charge is 0.142 e. The van der Waals surface area contributed by atoms with Crippen LogP contribution >= 0.6 is 27.5 Å². The monoisotopic (exact) mass is 358 g/mol. The molecule has 0 radical (unpaired) electrons. The van der Waals surface area contributed by atoms with E-state index in [2.05, 4.69) is 22.0 Å². The second kappa shape index (κ2) is 6.23. The number of rotatable bonds is 3. The molecule has 0 bridgehead atoms. The molecule has 0 fully saturated rings. The zero-order valence-corrected chi connectivity index (χ0v) is 13.5. The van der Waals surface area contributed by atoms with E-state index in [1.165, 1.54) is 0 Å². The molecule has 0 saturated carbocycles. The Morgan fingerprint density at radius 1 is 1.10 bits per heavy atom. The van der Waals surface area contributed by atoms with Crippen LogP contribution in [0.3, 0.4) is 0 Å². The van der Waals surface area contributed by atoms with Crippen molar-refractivity contribution in [2.75, 3.05) is 0 Å². The first-order valence-electron chi connectivity index (χ1n) is 6.23. The van der Waals surface area contributed by atoms with Gasteiger partial charge < -0.3 is 0 Å². The van der Waals surface area contributed by atoms with Crippen molar-refractivity contribution in [2.24, 2.45) is 0 Å². The van der Waals surface area contributed by atoms with E-state index >= 15 is 0 Å². The SMILES string of the molecule is Cc1ccc(C)c(CC(Br)c2cc(F)c(Cl)cc2F)c1. The molecular formula is C16H14BrClF2. The van der Waals surface area contributed by atoms with Crippen LogP contribution in [0.15, 0.2) is 30.3 Å². The first kappa shape index (κ1) is 15.5. The normalized spacial score (nSPS) is 12.5. The fourth-order valence-corrected chi connectivity index (χ4v) is 2.95. The largest absolute Gasteiger partial charge is 0.207 e. The topological polar surface area (TPSA) is 0 Å². The Morgan fingerprint density at radius 2 is 1.80 bits per heavy atom. The van der Waals surface area contributed by atoms with Crippen LogP contribution in [0.2, 0.25) is 5.02 Å². The fourth-order valence-electron chi connectivity index (χ4n) is 2.10. The highest BCUT2D eigenvalue weighted by Crippen LogP contribution is 2.32. The van der Waals surface area contributed by atoms with Gasteiger partial charge in [-0.1, -0.05) is 51.3 Å². The second-order valence-electron chi connectivity index (χ2n) is 4.89. The van der Waals surface area contributed by atoms with Crippen molar-refractivity contribution in [3.05, 3.63) is 69.2 Å². The van der Waals surface area contributed by atoms with E-state index in [0.717, 1.165) is 28.8 Å². The van der Waals surface area contributed by atoms with Gasteiger partial charge in [-0.15, -0.1) is 0 Å². The van der Waals surface area contributed by atoms with Gasteiger partial charge in [-0.05, 0) is 43.5 Å². The Hall–Kier alpha value is -0.930. The minimum atomic E-state index is -0.603. The molecule has 2 aromatic carbocycles. The maximum Gasteiger partial charge on any atom is 0.142 e. The molecule has 0 heterocycles. The van der Waals surface area contributed by atoms with Crippen LogP contribution in [-0.2, 0) is 6.42 Å². The summed E-state index contributed by atoms with van der Waals surface area (Å²) in [5.41, 5.74) is 3.68. The van der Waals surface area contributed by atoms with Crippen LogP contribution in [0.25, 0.3) is 0 Å². The lowest BCUT2D eigenvalue weighted by Gasteiger charge is -2.14. The average Bonchev–Trinajstić information content (AvgIpc) is 2.38. The van der Waals surface area contributed by atoms with Gasteiger partial charge in [0, 0.05) is 10.4 Å². The highest BCUT2D eigenvalue weighted by Gasteiger charge is 2.17. The summed E-state index contributed by atoms with van der Waals surface area (Å²) in [7, 11) is 0. The summed E-state index contributed by atoms with van der Waals surface area (Å²) in [6.45, 7) is 4.02. The first-order valence-corrected chi connectivity index (χ1v) is 7.52. The molecule has 1 atom stereocenters. The molecular weight excluding hydrogens is 346 g/mol. The number of hydrogen-bond donors (Lipinski definition) is 0. The molecule has 106 valence electrons. The summed E-state index contributed by atoms with van der Waals surface area (Å²) in [5, 5.41) is -0.197. The first-order chi connectivity index (χ1) is 9.38. The van der Waals surface area contributed by atoms with Crippen molar-refractivity contribution < 1.29 is 8.78 Å². The molecule has 0 amide bonds. The van der Waals surface area contributed by atoms with Gasteiger partial charge in [0.1, 0.15) is 11.6 Å². The third-order valence-corrected chi connectivity index (χ3v) is 4.39. The summed E-state index contributed by atoms with van der Waals surface area (Å²) in [5.74, 6) is -1.10. The number of aryl methyl sites for hydroxylation is 2. The lowest BCUT2D eigenvalue weighted by Crippen LogP contribution is -2.02. The minimum absolute atomic E-state index is 0.197. The summed E-state index contributed by atoms with van der Waals surface area (Å²) >= 11 is 9.01. The Labute approximate surface area is 130 Å². The van der Waals surface area contributed by atoms with E-state index in [0.29, 0.717) is 6.42 Å². The fraction of sp³-hybridized carbons (Fsp3) is 0.250. The second-order valence-corrected chi connectivity index (χ2v) is 6.40. The molecule has 0 aliphatic heterocycles. The standard InChI is InChI=1S/C16H14BrClF2/c1-9-3-4-10(2)11(5-9)6-13(17)12-7-16(20)14(18)8-15(12)19/h3-5,7-8,13H,6H2,1-2H3. The Balaban J connectivity index is 2.30. The minimum Gasteiger partial charge on any atom is -0.207 e. The zero-order chi connectivity index (χ0) is 14.9. The van der Waals surface area contributed by atoms with Crippen molar-refractivity contribution in [2.45, 2.75) is 25.1 Å². The van der Waals surface area contributed by atoms with Crippen molar-refractivity contribution in [3.8, 4) is 0 Å². The molecule has 1 unspecified atom stereocenters. The molecule has 2 rings (SSSR count). The van der Waals surface area contributed by atoms with Gasteiger partial charge in [0.15, 0.2) is 0 Å². The van der Waals surface area contributed by atoms with Gasteiger partial charge in [0.2, 0.25) is 0 Å². The summed E-state index contributed by atoms with van der Waals surface area (Å²) in [6.07, 6.45) is 0.589. The Kier molecular flexibility index (Phi) is 4.82. The quantitative estimate of drug-likeness (QED) is 0.472. The molecule has 0 spiro atoms. The van der Waals surface area contributed by atoms with Gasteiger partial charge in [-0.3, -0.25) is 0 Å². The summed E-state index contributed by atoms with van der Waals surface area (Å²) in [4.78, 5) is -0.297. The van der Waals surface area contributed by atoms with Gasteiger partial charge in [0.05, 0.1) is 5.02 Å². The van der Waals surface area contributed by atoms with Crippen molar-refractivity contribution >= 4 is 27.5 Å².